The molecule has 1 aromatic rings. The molecule has 1 unspecified atom stereocenters. The monoisotopic (exact) mass is 301 g/mol. The van der Waals surface area contributed by atoms with Gasteiger partial charge in [0.25, 0.3) is 5.91 Å². The van der Waals surface area contributed by atoms with Gasteiger partial charge in [-0.15, -0.1) is 0 Å². The normalized spacial score (nSPS) is 11.9. The Labute approximate surface area is 107 Å². The summed E-state index contributed by atoms with van der Waals surface area (Å²) in [6.45, 7) is 1.60. The molecule has 1 rings (SSSR count). The quantitative estimate of drug-likeness (QED) is 0.893. The number of carboxylic acid groups (broad SMARTS) is 1. The number of carbonyl (C=O) groups excluding carboxylic acids is 1. The topological polar surface area (TPSA) is 75.6 Å². The van der Waals surface area contributed by atoms with Crippen LogP contribution in [0.3, 0.4) is 0 Å². The molecule has 1 amide bonds. The van der Waals surface area contributed by atoms with Gasteiger partial charge in [-0.2, -0.15) is 0 Å². The summed E-state index contributed by atoms with van der Waals surface area (Å²) in [7, 11) is 1.42. The number of benzene rings is 1. The lowest BCUT2D eigenvalue weighted by Gasteiger charge is -2.11. The van der Waals surface area contributed by atoms with Crippen molar-refractivity contribution in [1.29, 1.82) is 0 Å². The third-order valence-electron chi connectivity index (χ3n) is 2.14. The molecule has 1 atom stereocenters. The van der Waals surface area contributed by atoms with Gasteiger partial charge in [0.2, 0.25) is 0 Å². The fraction of sp³-hybridized carbons (Fsp3) is 0.273. The lowest BCUT2D eigenvalue weighted by molar-refractivity contribution is -0.124. The number of halogens is 1. The Balaban J connectivity index is 2.92. The van der Waals surface area contributed by atoms with Gasteiger partial charge < -0.3 is 15.2 Å². The van der Waals surface area contributed by atoms with Crippen molar-refractivity contribution in [3.8, 4) is 0 Å². The average Bonchev–Trinajstić information content (AvgIpc) is 2.26. The molecule has 0 aliphatic heterocycles. The van der Waals surface area contributed by atoms with E-state index in [1.54, 1.807) is 13.0 Å². The molecule has 0 fully saturated rings. The summed E-state index contributed by atoms with van der Waals surface area (Å²) in [6, 6.07) is 4.46. The lowest BCUT2D eigenvalue weighted by atomic mass is 10.2. The van der Waals surface area contributed by atoms with Crippen molar-refractivity contribution in [2.45, 2.75) is 13.0 Å². The number of nitrogens with one attached hydrogen (secondary N) is 1. The van der Waals surface area contributed by atoms with E-state index in [0.717, 1.165) is 0 Å². The molecule has 0 saturated heterocycles. The summed E-state index contributed by atoms with van der Waals surface area (Å²) < 4.78 is 5.43. The highest BCUT2D eigenvalue weighted by molar-refractivity contribution is 9.10. The van der Waals surface area contributed by atoms with E-state index in [2.05, 4.69) is 21.2 Å². The van der Waals surface area contributed by atoms with E-state index in [1.807, 2.05) is 0 Å². The molecule has 0 bridgehead atoms. The highest BCUT2D eigenvalue weighted by Crippen LogP contribution is 2.20. The SMILES string of the molecule is COC(C)C(=O)Nc1cc(Br)cc(C(=O)O)c1. The number of carboxylic acids is 1. The molecule has 0 spiro atoms. The van der Waals surface area contributed by atoms with Crippen LogP contribution in [0.5, 0.6) is 0 Å². The number of anilines is 1. The summed E-state index contributed by atoms with van der Waals surface area (Å²) in [5.41, 5.74) is 0.505. The van der Waals surface area contributed by atoms with Crippen molar-refractivity contribution in [3.63, 3.8) is 0 Å². The molecule has 17 heavy (non-hydrogen) atoms. The van der Waals surface area contributed by atoms with E-state index < -0.39 is 12.1 Å². The van der Waals surface area contributed by atoms with E-state index in [0.29, 0.717) is 10.2 Å². The zero-order valence-electron chi connectivity index (χ0n) is 9.36. The summed E-state index contributed by atoms with van der Waals surface area (Å²) in [4.78, 5) is 22.4. The second-order valence-electron chi connectivity index (χ2n) is 3.40. The number of hydrogen-bond donors (Lipinski definition) is 2. The van der Waals surface area contributed by atoms with E-state index in [1.165, 1.54) is 19.2 Å². The number of rotatable bonds is 4. The van der Waals surface area contributed by atoms with Crippen LogP contribution in [-0.4, -0.2) is 30.2 Å². The van der Waals surface area contributed by atoms with Crippen LogP contribution < -0.4 is 5.32 Å². The van der Waals surface area contributed by atoms with Gasteiger partial charge >= 0.3 is 5.97 Å². The largest absolute Gasteiger partial charge is 0.478 e. The fourth-order valence-electron chi connectivity index (χ4n) is 1.14. The molecule has 92 valence electrons. The number of methoxy groups -OCH3 is 1. The summed E-state index contributed by atoms with van der Waals surface area (Å²) in [6.07, 6.45) is -0.595. The molecular formula is C11H12BrNO4. The second-order valence-corrected chi connectivity index (χ2v) is 4.32. The van der Waals surface area contributed by atoms with Crippen molar-refractivity contribution < 1.29 is 19.4 Å². The van der Waals surface area contributed by atoms with Crippen molar-refractivity contribution in [2.75, 3.05) is 12.4 Å². The van der Waals surface area contributed by atoms with Crippen LogP contribution in [0.25, 0.3) is 0 Å². The summed E-state index contributed by atoms with van der Waals surface area (Å²) in [5.74, 6) is -1.39. The van der Waals surface area contributed by atoms with Crippen LogP contribution in [-0.2, 0) is 9.53 Å². The average molecular weight is 302 g/mol. The predicted octanol–water partition coefficient (Wildman–Crippen LogP) is 2.12. The molecule has 0 aromatic heterocycles. The first-order chi connectivity index (χ1) is 7.93. The van der Waals surface area contributed by atoms with Gasteiger partial charge in [-0.25, -0.2) is 4.79 Å². The number of amides is 1. The minimum absolute atomic E-state index is 0.0970. The second kappa shape index (κ2) is 5.79. The zero-order valence-corrected chi connectivity index (χ0v) is 10.9. The van der Waals surface area contributed by atoms with Crippen LogP contribution in [0.4, 0.5) is 5.69 Å². The summed E-state index contributed by atoms with van der Waals surface area (Å²) >= 11 is 3.18. The molecule has 0 saturated carbocycles. The molecule has 2 N–H and O–H groups in total. The minimum atomic E-state index is -1.05. The molecule has 0 aliphatic rings. The van der Waals surface area contributed by atoms with Crippen LogP contribution in [0, 0.1) is 0 Å². The maximum absolute atomic E-state index is 11.5. The van der Waals surface area contributed by atoms with Crippen LogP contribution in [0.2, 0.25) is 0 Å². The van der Waals surface area contributed by atoms with Gasteiger partial charge in [-0.05, 0) is 25.1 Å². The number of carbonyl (C=O) groups is 2. The first-order valence-corrected chi connectivity index (χ1v) is 5.61. The van der Waals surface area contributed by atoms with Gasteiger partial charge in [-0.1, -0.05) is 15.9 Å². The van der Waals surface area contributed by atoms with Crippen LogP contribution >= 0.6 is 15.9 Å². The third-order valence-corrected chi connectivity index (χ3v) is 2.59. The highest BCUT2D eigenvalue weighted by atomic mass is 79.9. The molecule has 6 heteroatoms. The van der Waals surface area contributed by atoms with Crippen molar-refractivity contribution in [1.82, 2.24) is 0 Å². The number of aromatic carboxylic acids is 1. The lowest BCUT2D eigenvalue weighted by Crippen LogP contribution is -2.26. The highest BCUT2D eigenvalue weighted by Gasteiger charge is 2.13. The maximum atomic E-state index is 11.5. The minimum Gasteiger partial charge on any atom is -0.478 e. The molecule has 5 nitrogen and oxygen atoms in total. The Hall–Kier alpha value is -1.40. The van der Waals surface area contributed by atoms with Crippen molar-refractivity contribution in [3.05, 3.63) is 28.2 Å². The molecule has 1 aromatic carbocycles. The smallest absolute Gasteiger partial charge is 0.335 e. The predicted molar refractivity (Wildman–Crippen MR) is 66.2 cm³/mol. The van der Waals surface area contributed by atoms with E-state index >= 15 is 0 Å². The Morgan fingerprint density at radius 1 is 1.41 bits per heavy atom. The van der Waals surface area contributed by atoms with Gasteiger partial charge in [0, 0.05) is 17.3 Å². The number of ether oxygens (including phenoxy) is 1. The van der Waals surface area contributed by atoms with E-state index in [9.17, 15) is 9.59 Å². The van der Waals surface area contributed by atoms with Crippen LogP contribution in [0.15, 0.2) is 22.7 Å². The Bertz CT molecular complexity index is 447. The molecular weight excluding hydrogens is 290 g/mol. The summed E-state index contributed by atoms with van der Waals surface area (Å²) in [5, 5.41) is 11.4. The van der Waals surface area contributed by atoms with E-state index in [-0.39, 0.29) is 11.5 Å². The first-order valence-electron chi connectivity index (χ1n) is 4.81. The fourth-order valence-corrected chi connectivity index (χ4v) is 1.63. The Kier molecular flexibility index (Phi) is 4.65. The van der Waals surface area contributed by atoms with Gasteiger partial charge in [0.05, 0.1) is 5.56 Å². The van der Waals surface area contributed by atoms with Gasteiger partial charge in [-0.3, -0.25) is 4.79 Å². The Morgan fingerprint density at radius 2 is 2.06 bits per heavy atom. The Morgan fingerprint density at radius 3 is 2.59 bits per heavy atom. The van der Waals surface area contributed by atoms with Gasteiger partial charge in [0.1, 0.15) is 6.10 Å². The first kappa shape index (κ1) is 13.7. The van der Waals surface area contributed by atoms with E-state index in [4.69, 9.17) is 9.84 Å². The van der Waals surface area contributed by atoms with Crippen molar-refractivity contribution in [2.24, 2.45) is 0 Å². The number of hydrogen-bond acceptors (Lipinski definition) is 3. The third kappa shape index (κ3) is 3.83. The standard InChI is InChI=1S/C11H12BrNO4/c1-6(17-2)10(14)13-9-4-7(11(15)16)3-8(12)5-9/h3-6H,1-2H3,(H,13,14)(H,15,16). The van der Waals surface area contributed by atoms with Crippen molar-refractivity contribution >= 4 is 33.5 Å². The maximum Gasteiger partial charge on any atom is 0.335 e. The molecule has 0 radical (unpaired) electrons. The van der Waals surface area contributed by atoms with Gasteiger partial charge in [0.15, 0.2) is 0 Å². The zero-order chi connectivity index (χ0) is 13.0. The molecule has 0 aliphatic carbocycles. The molecule has 0 heterocycles. The van der Waals surface area contributed by atoms with Crippen LogP contribution in [0.1, 0.15) is 17.3 Å².